The van der Waals surface area contributed by atoms with E-state index in [9.17, 15) is 14.9 Å². The number of aromatic nitrogens is 2. The van der Waals surface area contributed by atoms with E-state index in [1.165, 1.54) is 0 Å². The zero-order valence-electron chi connectivity index (χ0n) is 24.8. The first-order chi connectivity index (χ1) is 20.3. The zero-order chi connectivity index (χ0) is 30.2. The smallest absolute Gasteiger partial charge is 0.306 e. The Balaban J connectivity index is 1.78. The van der Waals surface area contributed by atoms with E-state index in [4.69, 9.17) is 9.47 Å². The van der Waals surface area contributed by atoms with Crippen molar-refractivity contribution in [3.8, 4) is 23.2 Å². The number of Topliss-reactive ketones (excluding diaryl/α,β-unsaturated/α-hetero) is 1. The molecule has 8 heteroatoms. The molecule has 3 aromatic rings. The summed E-state index contributed by atoms with van der Waals surface area (Å²) in [7, 11) is 0. The summed E-state index contributed by atoms with van der Waals surface area (Å²) in [6, 6.07) is 15.7. The highest BCUT2D eigenvalue weighted by Gasteiger charge is 2.27. The van der Waals surface area contributed by atoms with Gasteiger partial charge in [-0.05, 0) is 81.3 Å². The second kappa shape index (κ2) is 13.7. The molecule has 0 amide bonds. The van der Waals surface area contributed by atoms with E-state index >= 15 is 0 Å². The van der Waals surface area contributed by atoms with Crippen LogP contribution in [0.15, 0.2) is 66.7 Å². The van der Waals surface area contributed by atoms with E-state index in [1.54, 1.807) is 38.4 Å². The number of pyridine rings is 2. The number of allylic oxidation sites excluding steroid dienone is 2. The lowest BCUT2D eigenvalue weighted by molar-refractivity contribution is -0.146. The number of fused-ring (bicyclic) bond motifs is 1. The van der Waals surface area contributed by atoms with Crippen LogP contribution in [0.25, 0.3) is 22.5 Å². The van der Waals surface area contributed by atoms with Crippen LogP contribution in [-0.2, 0) is 14.3 Å². The third-order valence-electron chi connectivity index (χ3n) is 7.24. The molecule has 0 fully saturated rings. The van der Waals surface area contributed by atoms with Crippen molar-refractivity contribution in [1.29, 1.82) is 5.26 Å². The fourth-order valence-corrected chi connectivity index (χ4v) is 4.85. The number of ketones is 1. The number of anilines is 1. The van der Waals surface area contributed by atoms with Gasteiger partial charge >= 0.3 is 5.97 Å². The van der Waals surface area contributed by atoms with Crippen molar-refractivity contribution in [2.24, 2.45) is 0 Å². The molecule has 1 aliphatic rings. The van der Waals surface area contributed by atoms with Crippen LogP contribution in [0.1, 0.15) is 63.6 Å². The highest BCUT2D eigenvalue weighted by molar-refractivity contribution is 5.88. The molecule has 0 saturated carbocycles. The number of carbonyl (C=O) groups is 2. The zero-order valence-corrected chi connectivity index (χ0v) is 24.8. The average molecular weight is 565 g/mol. The fraction of sp³-hybridized carbons (Fsp3) is 0.324. The summed E-state index contributed by atoms with van der Waals surface area (Å²) in [4.78, 5) is 35.5. The molecule has 0 radical (unpaired) electrons. The molecule has 2 aromatic heterocycles. The lowest BCUT2D eigenvalue weighted by atomic mass is 9.94. The minimum atomic E-state index is -0.643. The van der Waals surface area contributed by atoms with Gasteiger partial charge in [0.25, 0.3) is 0 Å². The molecule has 1 aliphatic heterocycles. The predicted molar refractivity (Wildman–Crippen MR) is 163 cm³/mol. The summed E-state index contributed by atoms with van der Waals surface area (Å²) in [5, 5.41) is 10.3. The molecule has 1 aromatic carbocycles. The summed E-state index contributed by atoms with van der Waals surface area (Å²) in [6.07, 6.45) is 5.05. The Hall–Kier alpha value is -4.77. The van der Waals surface area contributed by atoms with Crippen molar-refractivity contribution in [3.05, 3.63) is 83.4 Å². The minimum absolute atomic E-state index is 0.0145. The molecular formula is C34H36N4O4. The first kappa shape index (κ1) is 30.2. The number of esters is 1. The summed E-state index contributed by atoms with van der Waals surface area (Å²) < 4.78 is 12.2. The third kappa shape index (κ3) is 6.92. The molecular weight excluding hydrogens is 528 g/mol. The van der Waals surface area contributed by atoms with E-state index in [1.807, 2.05) is 43.3 Å². The number of carbonyl (C=O) groups excluding carboxylic acids is 2. The summed E-state index contributed by atoms with van der Waals surface area (Å²) in [5.74, 6) is 0.475. The Morgan fingerprint density at radius 3 is 2.38 bits per heavy atom. The molecule has 0 saturated heterocycles. The first-order valence-electron chi connectivity index (χ1n) is 14.3. The van der Waals surface area contributed by atoms with Crippen molar-refractivity contribution >= 4 is 28.6 Å². The Morgan fingerprint density at radius 2 is 1.71 bits per heavy atom. The number of rotatable bonds is 11. The molecule has 3 heterocycles. The van der Waals surface area contributed by atoms with Crippen LogP contribution in [0.2, 0.25) is 0 Å². The Morgan fingerprint density at radius 1 is 1.00 bits per heavy atom. The largest absolute Gasteiger partial charge is 0.458 e. The van der Waals surface area contributed by atoms with E-state index in [0.717, 1.165) is 29.9 Å². The van der Waals surface area contributed by atoms with E-state index < -0.39 is 12.1 Å². The van der Waals surface area contributed by atoms with Gasteiger partial charge < -0.3 is 14.4 Å². The van der Waals surface area contributed by atoms with E-state index in [2.05, 4.69) is 34.8 Å². The maximum absolute atomic E-state index is 12.6. The van der Waals surface area contributed by atoms with Crippen molar-refractivity contribution in [2.45, 2.75) is 60.0 Å². The molecule has 0 bridgehead atoms. The van der Waals surface area contributed by atoms with Gasteiger partial charge in [0, 0.05) is 61.2 Å². The SMILES string of the molecule is CCC(=O)CCC(=O)OC(C)C1=C/C(=C(\C#N)c2ccnc(-c3cc(C)ccn3)c2)Oc2cc(N(CC)CC)ccc21. The molecule has 42 heavy (non-hydrogen) atoms. The number of benzene rings is 1. The molecule has 8 nitrogen and oxygen atoms in total. The minimum Gasteiger partial charge on any atom is -0.458 e. The summed E-state index contributed by atoms with van der Waals surface area (Å²) in [5.41, 5.74) is 5.80. The van der Waals surface area contributed by atoms with Crippen LogP contribution in [-0.4, -0.2) is 40.9 Å². The van der Waals surface area contributed by atoms with Gasteiger partial charge in [-0.1, -0.05) is 6.92 Å². The highest BCUT2D eigenvalue weighted by Crippen LogP contribution is 2.40. The number of aryl methyl sites for hydroxylation is 1. The third-order valence-corrected chi connectivity index (χ3v) is 7.24. The lowest BCUT2D eigenvalue weighted by Gasteiger charge is -2.28. The van der Waals surface area contributed by atoms with Gasteiger partial charge in [-0.25, -0.2) is 0 Å². The van der Waals surface area contributed by atoms with Gasteiger partial charge in [0.05, 0.1) is 17.8 Å². The maximum Gasteiger partial charge on any atom is 0.306 e. The quantitative estimate of drug-likeness (QED) is 0.187. The van der Waals surface area contributed by atoms with Crippen molar-refractivity contribution < 1.29 is 19.1 Å². The van der Waals surface area contributed by atoms with Crippen LogP contribution in [0.5, 0.6) is 5.75 Å². The lowest BCUT2D eigenvalue weighted by Crippen LogP contribution is -2.23. The number of ether oxygens (including phenoxy) is 2. The van der Waals surface area contributed by atoms with Gasteiger partial charge in [-0.3, -0.25) is 19.6 Å². The molecule has 0 N–H and O–H groups in total. The van der Waals surface area contributed by atoms with Crippen molar-refractivity contribution in [2.75, 3.05) is 18.0 Å². The molecule has 1 unspecified atom stereocenters. The number of hydrogen-bond acceptors (Lipinski definition) is 8. The van der Waals surface area contributed by atoms with Gasteiger partial charge in [-0.2, -0.15) is 5.26 Å². The van der Waals surface area contributed by atoms with Crippen LogP contribution >= 0.6 is 0 Å². The van der Waals surface area contributed by atoms with Crippen LogP contribution < -0.4 is 9.64 Å². The number of nitrogens with zero attached hydrogens (tertiary/aromatic N) is 4. The maximum atomic E-state index is 12.6. The van der Waals surface area contributed by atoms with Crippen LogP contribution in [0.4, 0.5) is 5.69 Å². The molecule has 0 spiro atoms. The first-order valence-corrected chi connectivity index (χ1v) is 14.3. The standard InChI is InChI=1S/C34H36N4O4/c1-6-26(39)10-12-34(40)41-23(5)28-20-33(42-32-19-25(9-11-27(28)32)38(7-2)8-3)29(21-35)24-14-16-37-31(18-24)30-17-22(4)13-15-36-30/h9,11,13-20,23H,6-8,10,12H2,1-5H3/b33-29-. The molecule has 216 valence electrons. The van der Waals surface area contributed by atoms with Crippen molar-refractivity contribution in [3.63, 3.8) is 0 Å². The Kier molecular flexibility index (Phi) is 9.87. The molecule has 1 atom stereocenters. The van der Waals surface area contributed by atoms with Crippen molar-refractivity contribution in [1.82, 2.24) is 9.97 Å². The predicted octanol–water partition coefficient (Wildman–Crippen LogP) is 6.70. The van der Waals surface area contributed by atoms with Crippen LogP contribution in [0.3, 0.4) is 0 Å². The number of hydrogen-bond donors (Lipinski definition) is 0. The Bertz CT molecular complexity index is 1580. The topological polar surface area (TPSA) is 105 Å². The monoisotopic (exact) mass is 564 g/mol. The summed E-state index contributed by atoms with van der Waals surface area (Å²) >= 11 is 0. The van der Waals surface area contributed by atoms with Crippen LogP contribution in [0, 0.1) is 18.3 Å². The second-order valence-electron chi connectivity index (χ2n) is 10.1. The van der Waals surface area contributed by atoms with E-state index in [-0.39, 0.29) is 18.6 Å². The van der Waals surface area contributed by atoms with Gasteiger partial charge in [0.15, 0.2) is 0 Å². The normalized spacial score (nSPS) is 14.0. The Labute approximate surface area is 247 Å². The molecule has 4 rings (SSSR count). The second-order valence-corrected chi connectivity index (χ2v) is 10.1. The fourth-order valence-electron chi connectivity index (χ4n) is 4.85. The average Bonchev–Trinajstić information content (AvgIpc) is 3.00. The van der Waals surface area contributed by atoms with Gasteiger partial charge in [0.2, 0.25) is 0 Å². The van der Waals surface area contributed by atoms with Gasteiger partial charge in [-0.15, -0.1) is 0 Å². The van der Waals surface area contributed by atoms with Gasteiger partial charge in [0.1, 0.15) is 35.0 Å². The van der Waals surface area contributed by atoms with E-state index in [0.29, 0.717) is 46.0 Å². The highest BCUT2D eigenvalue weighted by atomic mass is 16.5. The summed E-state index contributed by atoms with van der Waals surface area (Å²) in [6.45, 7) is 11.4. The number of nitriles is 1. The molecule has 0 aliphatic carbocycles.